The molecule has 0 aliphatic rings. The van der Waals surface area contributed by atoms with Gasteiger partial charge in [0.1, 0.15) is 0 Å². The molecule has 0 aromatic carbocycles. The fourth-order valence-electron chi connectivity index (χ4n) is 0.987. The van der Waals surface area contributed by atoms with Gasteiger partial charge in [-0.3, -0.25) is 4.79 Å². The Morgan fingerprint density at radius 3 is 2.25 bits per heavy atom. The minimum Gasteiger partial charge on any atom is -0.346 e. The third-order valence-corrected chi connectivity index (χ3v) is 2.57. The zero-order valence-electron chi connectivity index (χ0n) is 8.55. The lowest BCUT2D eigenvalue weighted by Crippen LogP contribution is -2.44. The highest BCUT2D eigenvalue weighted by atomic mass is 16.2. The SMILES string of the molecule is CCN(C)C(=O)C(C)(CC)CN. The molecule has 0 aromatic heterocycles. The van der Waals surface area contributed by atoms with Gasteiger partial charge in [-0.05, 0) is 20.3 Å². The summed E-state index contributed by atoms with van der Waals surface area (Å²) < 4.78 is 0. The van der Waals surface area contributed by atoms with Crippen molar-refractivity contribution in [3.63, 3.8) is 0 Å². The van der Waals surface area contributed by atoms with E-state index in [9.17, 15) is 4.79 Å². The maximum atomic E-state index is 11.7. The van der Waals surface area contributed by atoms with E-state index < -0.39 is 0 Å². The van der Waals surface area contributed by atoms with E-state index in [1.807, 2.05) is 27.8 Å². The summed E-state index contributed by atoms with van der Waals surface area (Å²) in [6.07, 6.45) is 0.798. The van der Waals surface area contributed by atoms with Gasteiger partial charge in [0, 0.05) is 20.1 Å². The molecular formula is C9H20N2O. The van der Waals surface area contributed by atoms with Crippen LogP contribution >= 0.6 is 0 Å². The number of amides is 1. The van der Waals surface area contributed by atoms with Crippen LogP contribution < -0.4 is 5.73 Å². The minimum atomic E-state index is -0.370. The van der Waals surface area contributed by atoms with Gasteiger partial charge in [0.25, 0.3) is 0 Å². The lowest BCUT2D eigenvalue weighted by molar-refractivity contribution is -0.139. The molecule has 0 aliphatic heterocycles. The standard InChI is InChI=1S/C9H20N2O/c1-5-9(3,7-10)8(12)11(4)6-2/h5-7,10H2,1-4H3. The predicted molar refractivity (Wildman–Crippen MR) is 50.8 cm³/mol. The summed E-state index contributed by atoms with van der Waals surface area (Å²) in [6, 6.07) is 0. The topological polar surface area (TPSA) is 46.3 Å². The van der Waals surface area contributed by atoms with Crippen LogP contribution in [0.4, 0.5) is 0 Å². The summed E-state index contributed by atoms with van der Waals surface area (Å²) in [7, 11) is 1.81. The number of hydrogen-bond acceptors (Lipinski definition) is 2. The highest BCUT2D eigenvalue weighted by molar-refractivity contribution is 5.82. The first-order valence-corrected chi connectivity index (χ1v) is 4.47. The van der Waals surface area contributed by atoms with E-state index in [0.717, 1.165) is 13.0 Å². The van der Waals surface area contributed by atoms with Crippen LogP contribution in [0, 0.1) is 5.41 Å². The molecule has 3 heteroatoms. The Hall–Kier alpha value is -0.570. The molecule has 0 saturated carbocycles. The normalized spacial score (nSPS) is 15.4. The van der Waals surface area contributed by atoms with Crippen molar-refractivity contribution >= 4 is 5.91 Å². The van der Waals surface area contributed by atoms with Gasteiger partial charge in [0.2, 0.25) is 5.91 Å². The molecule has 1 atom stereocenters. The first kappa shape index (κ1) is 11.4. The zero-order valence-corrected chi connectivity index (χ0v) is 8.55. The van der Waals surface area contributed by atoms with E-state index in [-0.39, 0.29) is 11.3 Å². The largest absolute Gasteiger partial charge is 0.346 e. The van der Waals surface area contributed by atoms with Gasteiger partial charge >= 0.3 is 0 Å². The molecule has 1 amide bonds. The van der Waals surface area contributed by atoms with Crippen molar-refractivity contribution in [1.29, 1.82) is 0 Å². The fraction of sp³-hybridized carbons (Fsp3) is 0.889. The molecule has 0 bridgehead atoms. The van der Waals surface area contributed by atoms with Crippen molar-refractivity contribution in [2.24, 2.45) is 11.1 Å². The van der Waals surface area contributed by atoms with Crippen molar-refractivity contribution in [1.82, 2.24) is 4.90 Å². The second-order valence-corrected chi connectivity index (χ2v) is 3.44. The van der Waals surface area contributed by atoms with Crippen LogP contribution in [0.2, 0.25) is 0 Å². The van der Waals surface area contributed by atoms with E-state index in [1.54, 1.807) is 4.90 Å². The Morgan fingerprint density at radius 2 is 2.00 bits per heavy atom. The number of hydrogen-bond donors (Lipinski definition) is 1. The molecule has 12 heavy (non-hydrogen) atoms. The summed E-state index contributed by atoms with van der Waals surface area (Å²) in [5.74, 6) is 0.148. The highest BCUT2D eigenvalue weighted by Gasteiger charge is 2.31. The highest BCUT2D eigenvalue weighted by Crippen LogP contribution is 2.21. The summed E-state index contributed by atoms with van der Waals surface area (Å²) in [5.41, 5.74) is 5.19. The maximum Gasteiger partial charge on any atom is 0.229 e. The van der Waals surface area contributed by atoms with Gasteiger partial charge in [-0.1, -0.05) is 6.92 Å². The monoisotopic (exact) mass is 172 g/mol. The number of carbonyl (C=O) groups is 1. The number of carbonyl (C=O) groups excluding carboxylic acids is 1. The van der Waals surface area contributed by atoms with Crippen molar-refractivity contribution in [3.8, 4) is 0 Å². The second-order valence-electron chi connectivity index (χ2n) is 3.44. The average Bonchev–Trinajstić information content (AvgIpc) is 2.14. The minimum absolute atomic E-state index is 0.148. The number of rotatable bonds is 4. The Morgan fingerprint density at radius 1 is 1.50 bits per heavy atom. The Balaban J connectivity index is 4.41. The van der Waals surface area contributed by atoms with Crippen LogP contribution in [-0.2, 0) is 4.79 Å². The number of nitrogens with two attached hydrogens (primary N) is 1. The van der Waals surface area contributed by atoms with Gasteiger partial charge in [-0.25, -0.2) is 0 Å². The quantitative estimate of drug-likeness (QED) is 0.683. The van der Waals surface area contributed by atoms with Crippen LogP contribution in [0.5, 0.6) is 0 Å². The van der Waals surface area contributed by atoms with Crippen molar-refractivity contribution in [2.75, 3.05) is 20.1 Å². The van der Waals surface area contributed by atoms with E-state index >= 15 is 0 Å². The van der Waals surface area contributed by atoms with E-state index in [1.165, 1.54) is 0 Å². The smallest absolute Gasteiger partial charge is 0.229 e. The molecule has 0 spiro atoms. The predicted octanol–water partition coefficient (Wildman–Crippen LogP) is 0.840. The lowest BCUT2D eigenvalue weighted by atomic mass is 9.86. The van der Waals surface area contributed by atoms with Crippen molar-refractivity contribution < 1.29 is 4.79 Å². The zero-order chi connectivity index (χ0) is 9.78. The number of nitrogens with zero attached hydrogens (tertiary/aromatic N) is 1. The molecule has 0 rings (SSSR count). The molecule has 0 heterocycles. The van der Waals surface area contributed by atoms with Crippen molar-refractivity contribution in [2.45, 2.75) is 27.2 Å². The molecule has 0 saturated heterocycles. The average molecular weight is 172 g/mol. The molecule has 0 aromatic rings. The summed E-state index contributed by atoms with van der Waals surface area (Å²) in [6.45, 7) is 7.04. The Labute approximate surface area is 74.9 Å². The first-order chi connectivity index (χ1) is 5.51. The summed E-state index contributed by atoms with van der Waals surface area (Å²) >= 11 is 0. The third-order valence-electron chi connectivity index (χ3n) is 2.57. The maximum absolute atomic E-state index is 11.7. The first-order valence-electron chi connectivity index (χ1n) is 4.47. The lowest BCUT2D eigenvalue weighted by Gasteiger charge is -2.29. The summed E-state index contributed by atoms with van der Waals surface area (Å²) in [5, 5.41) is 0. The molecule has 0 radical (unpaired) electrons. The van der Waals surface area contributed by atoms with Gasteiger partial charge in [0.15, 0.2) is 0 Å². The molecule has 0 aliphatic carbocycles. The van der Waals surface area contributed by atoms with E-state index in [4.69, 9.17) is 5.73 Å². The van der Waals surface area contributed by atoms with Crippen LogP contribution in [-0.4, -0.2) is 30.9 Å². The van der Waals surface area contributed by atoms with Crippen LogP contribution in [0.3, 0.4) is 0 Å². The fourth-order valence-corrected chi connectivity index (χ4v) is 0.987. The van der Waals surface area contributed by atoms with E-state index in [2.05, 4.69) is 0 Å². The Bertz CT molecular complexity index is 153. The second kappa shape index (κ2) is 4.45. The van der Waals surface area contributed by atoms with Crippen LogP contribution in [0.15, 0.2) is 0 Å². The molecule has 3 nitrogen and oxygen atoms in total. The summed E-state index contributed by atoms with van der Waals surface area (Å²) in [4.78, 5) is 13.4. The molecular weight excluding hydrogens is 152 g/mol. The third kappa shape index (κ3) is 2.21. The van der Waals surface area contributed by atoms with Gasteiger partial charge < -0.3 is 10.6 Å². The van der Waals surface area contributed by atoms with Crippen molar-refractivity contribution in [3.05, 3.63) is 0 Å². The molecule has 0 fully saturated rings. The molecule has 72 valence electrons. The molecule has 1 unspecified atom stereocenters. The van der Waals surface area contributed by atoms with E-state index in [0.29, 0.717) is 6.54 Å². The van der Waals surface area contributed by atoms with Crippen LogP contribution in [0.25, 0.3) is 0 Å². The Kier molecular flexibility index (Phi) is 4.24. The molecule has 2 N–H and O–H groups in total. The van der Waals surface area contributed by atoms with Crippen LogP contribution in [0.1, 0.15) is 27.2 Å². The van der Waals surface area contributed by atoms with Gasteiger partial charge in [0.05, 0.1) is 5.41 Å². The van der Waals surface area contributed by atoms with Gasteiger partial charge in [-0.2, -0.15) is 0 Å². The van der Waals surface area contributed by atoms with Gasteiger partial charge in [-0.15, -0.1) is 0 Å².